The van der Waals surface area contributed by atoms with Gasteiger partial charge in [-0.2, -0.15) is 0 Å². The summed E-state index contributed by atoms with van der Waals surface area (Å²) in [6.45, 7) is 1.47. The molecule has 6 nitrogen and oxygen atoms in total. The Labute approximate surface area is 166 Å². The van der Waals surface area contributed by atoms with Crippen LogP contribution in [0.25, 0.3) is 11.0 Å². The Bertz CT molecular complexity index is 1290. The highest BCUT2D eigenvalue weighted by Crippen LogP contribution is 2.45. The lowest BCUT2D eigenvalue weighted by Crippen LogP contribution is -2.45. The smallest absolute Gasteiger partial charge is 0.261 e. The van der Waals surface area contributed by atoms with E-state index < -0.39 is 5.72 Å². The lowest BCUT2D eigenvalue weighted by Gasteiger charge is -2.35. The number of nitrogens with one attached hydrogen (secondary N) is 1. The number of fused-ring (bicyclic) bond motifs is 2. The quantitative estimate of drug-likeness (QED) is 0.529. The molecule has 0 spiro atoms. The molecule has 0 saturated heterocycles. The molecule has 0 saturated carbocycles. The molecular formula is C23H17N3O3. The van der Waals surface area contributed by atoms with Crippen molar-refractivity contribution >= 4 is 28.4 Å². The number of amides is 1. The van der Waals surface area contributed by atoms with Gasteiger partial charge in [-0.1, -0.05) is 36.4 Å². The fourth-order valence-electron chi connectivity index (χ4n) is 3.97. The molecular weight excluding hydrogens is 366 g/mol. The second-order valence-corrected chi connectivity index (χ2v) is 7.10. The summed E-state index contributed by atoms with van der Waals surface area (Å²) in [5, 5.41) is 12.0. The van der Waals surface area contributed by atoms with Crippen molar-refractivity contribution in [3.05, 3.63) is 95.3 Å². The van der Waals surface area contributed by atoms with Gasteiger partial charge in [0.1, 0.15) is 0 Å². The van der Waals surface area contributed by atoms with Crippen LogP contribution in [0.15, 0.2) is 73.1 Å². The van der Waals surface area contributed by atoms with E-state index in [-0.39, 0.29) is 11.7 Å². The second kappa shape index (κ2) is 6.12. The van der Waals surface area contributed by atoms with Crippen LogP contribution in [0.4, 0.5) is 5.69 Å². The third-order valence-electron chi connectivity index (χ3n) is 5.39. The maximum atomic E-state index is 13.3. The molecule has 1 aromatic heterocycles. The summed E-state index contributed by atoms with van der Waals surface area (Å²) in [5.41, 5.74) is 2.17. The van der Waals surface area contributed by atoms with E-state index in [0.717, 1.165) is 11.0 Å². The minimum Gasteiger partial charge on any atom is -0.363 e. The van der Waals surface area contributed by atoms with Gasteiger partial charge in [-0.25, -0.2) is 4.98 Å². The molecule has 0 aliphatic carbocycles. The van der Waals surface area contributed by atoms with Crippen molar-refractivity contribution in [1.82, 2.24) is 9.97 Å². The highest BCUT2D eigenvalue weighted by atomic mass is 16.3. The zero-order valence-corrected chi connectivity index (χ0v) is 15.6. The molecule has 142 valence electrons. The van der Waals surface area contributed by atoms with E-state index in [2.05, 4.69) is 9.97 Å². The first-order valence-corrected chi connectivity index (χ1v) is 9.21. The van der Waals surface area contributed by atoms with Gasteiger partial charge in [-0.15, -0.1) is 0 Å². The van der Waals surface area contributed by atoms with Crippen LogP contribution in [0, 0.1) is 0 Å². The van der Waals surface area contributed by atoms with Gasteiger partial charge in [0, 0.05) is 27.9 Å². The number of benzene rings is 3. The maximum absolute atomic E-state index is 13.3. The number of carbonyl (C=O) groups is 2. The third kappa shape index (κ3) is 2.43. The first-order chi connectivity index (χ1) is 14.0. The van der Waals surface area contributed by atoms with Gasteiger partial charge in [-0.3, -0.25) is 14.5 Å². The molecule has 6 heteroatoms. The first-order valence-electron chi connectivity index (χ1n) is 9.21. The largest absolute Gasteiger partial charge is 0.363 e. The summed E-state index contributed by atoms with van der Waals surface area (Å²) in [5.74, 6) is -0.438. The van der Waals surface area contributed by atoms with Crippen LogP contribution < -0.4 is 4.90 Å². The van der Waals surface area contributed by atoms with Gasteiger partial charge in [0.05, 0.1) is 17.4 Å². The number of ketones is 1. The number of H-pyrrole nitrogens is 1. The van der Waals surface area contributed by atoms with E-state index in [1.54, 1.807) is 73.1 Å². The van der Waals surface area contributed by atoms with Crippen molar-refractivity contribution in [3.8, 4) is 0 Å². The number of imidazole rings is 1. The molecule has 1 amide bonds. The van der Waals surface area contributed by atoms with Crippen molar-refractivity contribution < 1.29 is 14.7 Å². The number of hydrogen-bond donors (Lipinski definition) is 2. The molecule has 2 N–H and O–H groups in total. The molecule has 2 heterocycles. The monoisotopic (exact) mass is 383 g/mol. The lowest BCUT2D eigenvalue weighted by molar-refractivity contribution is 0.0703. The normalized spacial score (nSPS) is 18.3. The van der Waals surface area contributed by atoms with Gasteiger partial charge in [0.25, 0.3) is 5.91 Å². The second-order valence-electron chi connectivity index (χ2n) is 7.10. The van der Waals surface area contributed by atoms with Crippen LogP contribution in [0.2, 0.25) is 0 Å². The molecule has 1 unspecified atom stereocenters. The van der Waals surface area contributed by atoms with Gasteiger partial charge >= 0.3 is 0 Å². The molecule has 4 aromatic rings. The minimum atomic E-state index is -1.72. The zero-order chi connectivity index (χ0) is 20.2. The Morgan fingerprint density at radius 2 is 1.90 bits per heavy atom. The molecule has 1 aliphatic rings. The number of anilines is 1. The van der Waals surface area contributed by atoms with Gasteiger partial charge in [0.2, 0.25) is 0 Å². The van der Waals surface area contributed by atoms with E-state index in [1.807, 2.05) is 0 Å². The summed E-state index contributed by atoms with van der Waals surface area (Å²) in [7, 11) is 0. The Kier molecular flexibility index (Phi) is 3.66. The number of hydrogen-bond acceptors (Lipinski definition) is 4. The molecule has 0 radical (unpaired) electrons. The maximum Gasteiger partial charge on any atom is 0.261 e. The van der Waals surface area contributed by atoms with Gasteiger partial charge < -0.3 is 10.1 Å². The van der Waals surface area contributed by atoms with Crippen LogP contribution >= 0.6 is 0 Å². The van der Waals surface area contributed by atoms with Crippen LogP contribution in [0.3, 0.4) is 0 Å². The summed E-state index contributed by atoms with van der Waals surface area (Å²) >= 11 is 0. The number of aliphatic hydroxyl groups is 1. The average Bonchev–Trinajstić information content (AvgIpc) is 3.29. The zero-order valence-electron chi connectivity index (χ0n) is 15.6. The highest BCUT2D eigenvalue weighted by Gasteiger charge is 2.50. The standard InChI is InChI=1S/C23H17N3O3/c1-14(27)15-5-4-6-17(11-15)26-22(28)18-7-2-3-8-19(18)23(26,29)16-9-10-20-21(12-16)25-13-24-20/h2-13,29H,1H3,(H,24,25). The number of rotatable bonds is 3. The molecule has 29 heavy (non-hydrogen) atoms. The Morgan fingerprint density at radius 3 is 2.72 bits per heavy atom. The average molecular weight is 383 g/mol. The summed E-state index contributed by atoms with van der Waals surface area (Å²) in [6.07, 6.45) is 1.58. The highest BCUT2D eigenvalue weighted by molar-refractivity contribution is 6.13. The molecule has 3 aromatic carbocycles. The lowest BCUT2D eigenvalue weighted by atomic mass is 9.93. The number of carbonyl (C=O) groups excluding carboxylic acids is 2. The molecule has 5 rings (SSSR count). The van der Waals surface area contributed by atoms with Gasteiger partial charge in [0.15, 0.2) is 11.5 Å². The van der Waals surface area contributed by atoms with Gasteiger partial charge in [-0.05, 0) is 37.3 Å². The Hall–Kier alpha value is -3.77. The van der Waals surface area contributed by atoms with Crippen molar-refractivity contribution in [2.24, 2.45) is 0 Å². The molecule has 0 bridgehead atoms. The fourth-order valence-corrected chi connectivity index (χ4v) is 3.97. The summed E-state index contributed by atoms with van der Waals surface area (Å²) < 4.78 is 0. The fraction of sp³-hybridized carbons (Fsp3) is 0.0870. The van der Waals surface area contributed by atoms with E-state index >= 15 is 0 Å². The molecule has 0 fully saturated rings. The van der Waals surface area contributed by atoms with Crippen molar-refractivity contribution in [2.75, 3.05) is 4.90 Å². The Balaban J connectivity index is 1.78. The molecule has 1 aliphatic heterocycles. The third-order valence-corrected chi connectivity index (χ3v) is 5.39. The topological polar surface area (TPSA) is 86.3 Å². The van der Waals surface area contributed by atoms with Crippen molar-refractivity contribution in [2.45, 2.75) is 12.6 Å². The number of aromatic amines is 1. The minimum absolute atomic E-state index is 0.113. The first kappa shape index (κ1) is 17.3. The number of Topliss-reactive ketones (excluding diaryl/α,β-unsaturated/α-hetero) is 1. The predicted molar refractivity (Wildman–Crippen MR) is 109 cm³/mol. The number of nitrogens with zero attached hydrogens (tertiary/aromatic N) is 2. The van der Waals surface area contributed by atoms with Crippen molar-refractivity contribution in [1.29, 1.82) is 0 Å². The predicted octanol–water partition coefficient (Wildman–Crippen LogP) is 3.62. The van der Waals surface area contributed by atoms with E-state index in [4.69, 9.17) is 0 Å². The van der Waals surface area contributed by atoms with Crippen LogP contribution in [-0.4, -0.2) is 26.8 Å². The van der Waals surface area contributed by atoms with E-state index in [9.17, 15) is 14.7 Å². The van der Waals surface area contributed by atoms with E-state index in [0.29, 0.717) is 27.9 Å². The van der Waals surface area contributed by atoms with Crippen molar-refractivity contribution in [3.63, 3.8) is 0 Å². The molecule has 1 atom stereocenters. The van der Waals surface area contributed by atoms with Crippen LogP contribution in [0.5, 0.6) is 0 Å². The van der Waals surface area contributed by atoms with E-state index in [1.165, 1.54) is 11.8 Å². The van der Waals surface area contributed by atoms with Crippen LogP contribution in [0.1, 0.15) is 38.8 Å². The Morgan fingerprint density at radius 1 is 1.07 bits per heavy atom. The van der Waals surface area contributed by atoms with Crippen LogP contribution in [-0.2, 0) is 5.72 Å². The SMILES string of the molecule is CC(=O)c1cccc(N2C(=O)c3ccccc3C2(O)c2ccc3nc[nH]c3c2)c1. The number of aromatic nitrogens is 2. The summed E-state index contributed by atoms with van der Waals surface area (Å²) in [4.78, 5) is 33.8. The summed E-state index contributed by atoms with van der Waals surface area (Å²) in [6, 6.07) is 19.1.